The number of ether oxygens (including phenoxy) is 1. The molecule has 2 fully saturated rings. The molecule has 126 valence electrons. The molecule has 1 heterocycles. The topological polar surface area (TPSA) is 73.2 Å². The van der Waals surface area contributed by atoms with E-state index in [9.17, 15) is 9.59 Å². The van der Waals surface area contributed by atoms with Crippen LogP contribution in [0.3, 0.4) is 0 Å². The van der Waals surface area contributed by atoms with E-state index in [1.165, 1.54) is 30.0 Å². The predicted octanol–water partition coefficient (Wildman–Crippen LogP) is 2.36. The number of nitrogens with zero attached hydrogens (tertiary/aromatic N) is 2. The van der Waals surface area contributed by atoms with Gasteiger partial charge in [-0.05, 0) is 38.0 Å². The summed E-state index contributed by atoms with van der Waals surface area (Å²) in [6.07, 6.45) is 5.30. The van der Waals surface area contributed by atoms with Crippen LogP contribution in [-0.2, 0) is 16.6 Å². The van der Waals surface area contributed by atoms with Crippen LogP contribution < -0.4 is 10.9 Å². The van der Waals surface area contributed by atoms with Crippen LogP contribution in [-0.4, -0.2) is 28.9 Å². The Bertz CT molecular complexity index is 674. The summed E-state index contributed by atoms with van der Waals surface area (Å²) in [6.45, 7) is 2.58. The molecular weight excluding hydrogens is 318 g/mol. The fourth-order valence-electron chi connectivity index (χ4n) is 4.00. The van der Waals surface area contributed by atoms with Gasteiger partial charge in [0.1, 0.15) is 5.69 Å². The van der Waals surface area contributed by atoms with Crippen LogP contribution in [0.15, 0.2) is 10.9 Å². The van der Waals surface area contributed by atoms with Crippen LogP contribution in [0.2, 0.25) is 5.15 Å². The van der Waals surface area contributed by atoms with Crippen LogP contribution in [0.1, 0.15) is 39.0 Å². The number of carbonyl (C=O) groups is 1. The summed E-state index contributed by atoms with van der Waals surface area (Å²) in [4.78, 5) is 24.5. The molecule has 0 saturated heterocycles. The molecule has 0 unspecified atom stereocenters. The van der Waals surface area contributed by atoms with Gasteiger partial charge >= 0.3 is 5.97 Å². The molecule has 2 aliphatic carbocycles. The Labute approximate surface area is 140 Å². The SMILES string of the molecule is CCOC(=O)C1(CNc2cc(Cl)nn(C)c2=O)CC2(CCC2)C1. The average Bonchev–Trinajstić information content (AvgIpc) is 2.41. The molecule has 0 aromatic carbocycles. The minimum absolute atomic E-state index is 0.165. The van der Waals surface area contributed by atoms with E-state index in [0.29, 0.717) is 24.3 Å². The molecule has 0 aliphatic heterocycles. The van der Waals surface area contributed by atoms with Crippen LogP contribution in [0.5, 0.6) is 0 Å². The summed E-state index contributed by atoms with van der Waals surface area (Å²) in [5.41, 5.74) is -0.0937. The van der Waals surface area contributed by atoms with E-state index < -0.39 is 5.41 Å². The standard InChI is InChI=1S/C16H22ClN3O3/c1-3-23-14(22)16(8-15(9-16)5-4-6-15)10-18-11-7-12(17)19-20(2)13(11)21/h7,18H,3-6,8-10H2,1-2H3. The molecule has 1 aromatic rings. The molecule has 6 nitrogen and oxygen atoms in total. The zero-order valence-corrected chi connectivity index (χ0v) is 14.3. The predicted molar refractivity (Wildman–Crippen MR) is 87.6 cm³/mol. The first-order valence-electron chi connectivity index (χ1n) is 8.05. The van der Waals surface area contributed by atoms with E-state index >= 15 is 0 Å². The number of halogens is 1. The molecule has 1 spiro atoms. The van der Waals surface area contributed by atoms with Gasteiger partial charge < -0.3 is 10.1 Å². The number of aromatic nitrogens is 2. The lowest BCUT2D eigenvalue weighted by Gasteiger charge is -2.59. The number of nitrogens with one attached hydrogen (secondary N) is 1. The molecule has 0 amide bonds. The summed E-state index contributed by atoms with van der Waals surface area (Å²) in [6, 6.07) is 1.50. The van der Waals surface area contributed by atoms with Crippen molar-refractivity contribution in [2.75, 3.05) is 18.5 Å². The Kier molecular flexibility index (Phi) is 4.12. The third-order valence-electron chi connectivity index (χ3n) is 5.20. The van der Waals surface area contributed by atoms with Crippen molar-refractivity contribution in [1.82, 2.24) is 9.78 Å². The van der Waals surface area contributed by atoms with Gasteiger partial charge in [0.2, 0.25) is 0 Å². The maximum Gasteiger partial charge on any atom is 0.313 e. The van der Waals surface area contributed by atoms with Gasteiger partial charge in [-0.1, -0.05) is 18.0 Å². The molecule has 3 rings (SSSR count). The second-order valence-electron chi connectivity index (χ2n) is 6.87. The lowest BCUT2D eigenvalue weighted by molar-refractivity contribution is -0.178. The van der Waals surface area contributed by atoms with E-state index in [-0.39, 0.29) is 16.7 Å². The van der Waals surface area contributed by atoms with Gasteiger partial charge in [0, 0.05) is 19.7 Å². The van der Waals surface area contributed by atoms with E-state index in [2.05, 4.69) is 10.4 Å². The highest BCUT2D eigenvalue weighted by atomic mass is 35.5. The van der Waals surface area contributed by atoms with Crippen LogP contribution >= 0.6 is 11.6 Å². The van der Waals surface area contributed by atoms with Crippen molar-refractivity contribution in [3.63, 3.8) is 0 Å². The molecule has 7 heteroatoms. The van der Waals surface area contributed by atoms with Gasteiger partial charge in [-0.3, -0.25) is 9.59 Å². The van der Waals surface area contributed by atoms with Crippen molar-refractivity contribution >= 4 is 23.3 Å². The van der Waals surface area contributed by atoms with Crippen LogP contribution in [0.25, 0.3) is 0 Å². The molecular formula is C16H22ClN3O3. The molecule has 23 heavy (non-hydrogen) atoms. The summed E-state index contributed by atoms with van der Waals surface area (Å²) in [5, 5.41) is 7.20. The first-order chi connectivity index (χ1) is 10.9. The number of hydrogen-bond acceptors (Lipinski definition) is 5. The summed E-state index contributed by atoms with van der Waals surface area (Å²) in [5.74, 6) is -0.165. The first kappa shape index (κ1) is 16.3. The van der Waals surface area contributed by atoms with Gasteiger partial charge in [-0.25, -0.2) is 4.68 Å². The summed E-state index contributed by atoms with van der Waals surface area (Å²) < 4.78 is 6.47. The van der Waals surface area contributed by atoms with Gasteiger partial charge in [0.05, 0.1) is 12.0 Å². The molecule has 0 atom stereocenters. The normalized spacial score (nSPS) is 20.5. The highest BCUT2D eigenvalue weighted by molar-refractivity contribution is 6.29. The Morgan fingerprint density at radius 3 is 2.74 bits per heavy atom. The van der Waals surface area contributed by atoms with Crippen molar-refractivity contribution in [3.05, 3.63) is 21.6 Å². The summed E-state index contributed by atoms with van der Waals surface area (Å²) in [7, 11) is 1.55. The van der Waals surface area contributed by atoms with Crippen molar-refractivity contribution in [2.45, 2.75) is 39.0 Å². The fraction of sp³-hybridized carbons (Fsp3) is 0.688. The molecule has 0 radical (unpaired) electrons. The third-order valence-corrected chi connectivity index (χ3v) is 5.38. The smallest absolute Gasteiger partial charge is 0.313 e. The van der Waals surface area contributed by atoms with Crippen LogP contribution in [0, 0.1) is 10.8 Å². The molecule has 0 bridgehead atoms. The van der Waals surface area contributed by atoms with Crippen molar-refractivity contribution < 1.29 is 9.53 Å². The van der Waals surface area contributed by atoms with Crippen molar-refractivity contribution in [2.24, 2.45) is 17.9 Å². The number of rotatable bonds is 5. The number of anilines is 1. The number of aryl methyl sites for hydroxylation is 1. The molecule has 1 N–H and O–H groups in total. The van der Waals surface area contributed by atoms with Gasteiger partial charge in [-0.2, -0.15) is 5.10 Å². The lowest BCUT2D eigenvalue weighted by atomic mass is 9.45. The first-order valence-corrected chi connectivity index (χ1v) is 8.43. The quantitative estimate of drug-likeness (QED) is 0.834. The Morgan fingerprint density at radius 1 is 1.48 bits per heavy atom. The van der Waals surface area contributed by atoms with Crippen molar-refractivity contribution in [1.29, 1.82) is 0 Å². The third kappa shape index (κ3) is 2.84. The minimum Gasteiger partial charge on any atom is -0.466 e. The van der Waals surface area contributed by atoms with E-state index in [1.807, 2.05) is 6.92 Å². The highest BCUT2D eigenvalue weighted by Crippen LogP contribution is 2.64. The lowest BCUT2D eigenvalue weighted by Crippen LogP contribution is -2.58. The number of carbonyl (C=O) groups excluding carboxylic acids is 1. The van der Waals surface area contributed by atoms with E-state index in [4.69, 9.17) is 16.3 Å². The largest absolute Gasteiger partial charge is 0.466 e. The Hall–Kier alpha value is -1.56. The van der Waals surface area contributed by atoms with Gasteiger partial charge in [0.25, 0.3) is 5.56 Å². The second kappa shape index (κ2) is 5.82. The molecule has 2 saturated carbocycles. The minimum atomic E-state index is -0.531. The highest BCUT2D eigenvalue weighted by Gasteiger charge is 2.61. The second-order valence-corrected chi connectivity index (χ2v) is 7.26. The van der Waals surface area contributed by atoms with Gasteiger partial charge in [0.15, 0.2) is 5.15 Å². The van der Waals surface area contributed by atoms with E-state index in [0.717, 1.165) is 12.8 Å². The van der Waals surface area contributed by atoms with Crippen molar-refractivity contribution in [3.8, 4) is 0 Å². The zero-order chi connectivity index (χ0) is 16.7. The molecule has 2 aliphatic rings. The van der Waals surface area contributed by atoms with E-state index in [1.54, 1.807) is 7.05 Å². The number of hydrogen-bond donors (Lipinski definition) is 1. The monoisotopic (exact) mass is 339 g/mol. The maximum atomic E-state index is 12.4. The maximum absolute atomic E-state index is 12.4. The Morgan fingerprint density at radius 2 is 2.17 bits per heavy atom. The van der Waals surface area contributed by atoms with Gasteiger partial charge in [-0.15, -0.1) is 0 Å². The zero-order valence-electron chi connectivity index (χ0n) is 13.5. The fourth-order valence-corrected chi connectivity index (χ4v) is 4.23. The average molecular weight is 340 g/mol. The number of esters is 1. The summed E-state index contributed by atoms with van der Waals surface area (Å²) >= 11 is 5.91. The molecule has 1 aromatic heterocycles. The van der Waals surface area contributed by atoms with Crippen LogP contribution in [0.4, 0.5) is 5.69 Å². The Balaban J connectivity index is 1.75.